The van der Waals surface area contributed by atoms with Crippen molar-refractivity contribution in [2.45, 2.75) is 89.8 Å². The fraction of sp³-hybridized carbons (Fsp3) is 0.909. The van der Waals surface area contributed by atoms with Gasteiger partial charge in [0.05, 0.1) is 0 Å². The van der Waals surface area contributed by atoms with E-state index < -0.39 is 11.8 Å². The minimum Gasteiger partial charge on any atom is -0.380 e. The first-order valence-electron chi connectivity index (χ1n) is 10.7. The summed E-state index contributed by atoms with van der Waals surface area (Å²) >= 11 is 0. The van der Waals surface area contributed by atoms with Crippen LogP contribution < -0.4 is 0 Å². The lowest BCUT2D eigenvalue weighted by atomic mass is 9.49. The Balaban J connectivity index is 1.53. The first kappa shape index (κ1) is 18.8. The first-order chi connectivity index (χ1) is 12.2. The van der Waals surface area contributed by atoms with Gasteiger partial charge in [-0.25, -0.2) is 0 Å². The monoisotopic (exact) mass is 370 g/mol. The van der Waals surface area contributed by atoms with Gasteiger partial charge >= 0.3 is 6.18 Å². The summed E-state index contributed by atoms with van der Waals surface area (Å²) < 4.78 is 39.9. The van der Waals surface area contributed by atoms with E-state index in [-0.39, 0.29) is 18.8 Å². The van der Waals surface area contributed by atoms with Crippen LogP contribution in [0.5, 0.6) is 0 Å². The van der Waals surface area contributed by atoms with Crippen molar-refractivity contribution >= 4 is 0 Å². The molecule has 1 unspecified atom stereocenters. The van der Waals surface area contributed by atoms with Crippen molar-refractivity contribution < 1.29 is 18.3 Å². The van der Waals surface area contributed by atoms with Crippen LogP contribution in [0.15, 0.2) is 11.6 Å². The highest BCUT2D eigenvalue weighted by molar-refractivity contribution is 5.23. The van der Waals surface area contributed by atoms with Crippen molar-refractivity contribution in [1.29, 1.82) is 0 Å². The summed E-state index contributed by atoms with van der Waals surface area (Å²) in [5.41, 5.74) is -0.444. The second-order valence-electron chi connectivity index (χ2n) is 9.84. The van der Waals surface area contributed by atoms with E-state index in [1.165, 1.54) is 25.7 Å². The molecule has 4 aliphatic carbocycles. The number of hydrogen-bond donors (Lipinski definition) is 1. The van der Waals surface area contributed by atoms with Crippen LogP contribution in [0.25, 0.3) is 0 Å². The average molecular weight is 370 g/mol. The first-order valence-corrected chi connectivity index (χ1v) is 10.7. The summed E-state index contributed by atoms with van der Waals surface area (Å²) in [5, 5.41) is 10.2. The van der Waals surface area contributed by atoms with Crippen molar-refractivity contribution in [2.75, 3.05) is 0 Å². The molecular formula is C22H33F3O. The van der Waals surface area contributed by atoms with Crippen LogP contribution in [0.4, 0.5) is 13.2 Å². The second kappa shape index (κ2) is 6.25. The van der Waals surface area contributed by atoms with Gasteiger partial charge in [-0.1, -0.05) is 25.5 Å². The highest BCUT2D eigenvalue weighted by Crippen LogP contribution is 2.65. The Bertz CT molecular complexity index is 582. The molecular weight excluding hydrogens is 337 g/mol. The highest BCUT2D eigenvalue weighted by atomic mass is 19.4. The van der Waals surface area contributed by atoms with Gasteiger partial charge in [-0.05, 0) is 99.2 Å². The molecule has 148 valence electrons. The van der Waals surface area contributed by atoms with Gasteiger partial charge in [0.15, 0.2) is 5.60 Å². The topological polar surface area (TPSA) is 20.2 Å². The predicted octanol–water partition coefficient (Wildman–Crippen LogP) is 6.27. The minimum atomic E-state index is -4.48. The number of alkyl halides is 3. The minimum absolute atomic E-state index is 0.0622. The Hall–Kier alpha value is -0.510. The van der Waals surface area contributed by atoms with E-state index in [1.54, 1.807) is 5.57 Å². The number of aliphatic hydroxyl groups is 1. The largest absolute Gasteiger partial charge is 0.417 e. The molecule has 0 spiro atoms. The van der Waals surface area contributed by atoms with E-state index in [2.05, 4.69) is 19.9 Å². The third-order valence-electron chi connectivity index (χ3n) is 8.84. The zero-order valence-corrected chi connectivity index (χ0v) is 16.1. The van der Waals surface area contributed by atoms with Gasteiger partial charge in [0.25, 0.3) is 0 Å². The fourth-order valence-electron chi connectivity index (χ4n) is 7.57. The second-order valence-corrected chi connectivity index (χ2v) is 9.84. The molecule has 7 atom stereocenters. The lowest BCUT2D eigenvalue weighted by Gasteiger charge is -2.56. The van der Waals surface area contributed by atoms with Crippen LogP contribution >= 0.6 is 0 Å². The van der Waals surface area contributed by atoms with Gasteiger partial charge in [0.2, 0.25) is 0 Å². The van der Waals surface area contributed by atoms with Crippen LogP contribution in [0.3, 0.4) is 0 Å². The van der Waals surface area contributed by atoms with Crippen LogP contribution in [-0.2, 0) is 0 Å². The van der Waals surface area contributed by atoms with E-state index in [0.717, 1.165) is 25.2 Å². The Morgan fingerprint density at radius 1 is 1.04 bits per heavy atom. The molecule has 4 rings (SSSR count). The summed E-state index contributed by atoms with van der Waals surface area (Å²) in [5.74, 6) is 2.47. The lowest BCUT2D eigenvalue weighted by Crippen LogP contribution is -2.54. The standard InChI is InChI=1S/C22H33F3O/c1-3-4-15-6-8-19-18-7-5-14-13-21(26,22(23,24)25)12-10-16(14)17(18)9-11-20(15,19)2/h4,14,16-19,26H,3,5-13H2,1-2H3/t14-,16+,17-,18-,19+,20-,21?/m1/s1. The lowest BCUT2D eigenvalue weighted by molar-refractivity contribution is -0.282. The third kappa shape index (κ3) is 2.69. The van der Waals surface area contributed by atoms with E-state index in [1.807, 2.05) is 0 Å². The van der Waals surface area contributed by atoms with Crippen molar-refractivity contribution in [3.8, 4) is 0 Å². The Morgan fingerprint density at radius 3 is 2.46 bits per heavy atom. The quantitative estimate of drug-likeness (QED) is 0.539. The summed E-state index contributed by atoms with van der Waals surface area (Å²) in [6.45, 7) is 4.67. The van der Waals surface area contributed by atoms with E-state index in [0.29, 0.717) is 29.6 Å². The Morgan fingerprint density at radius 2 is 1.77 bits per heavy atom. The van der Waals surface area contributed by atoms with Gasteiger partial charge in [-0.2, -0.15) is 13.2 Å². The van der Waals surface area contributed by atoms with Gasteiger partial charge in [0.1, 0.15) is 0 Å². The number of halogens is 3. The van der Waals surface area contributed by atoms with Crippen molar-refractivity contribution in [3.05, 3.63) is 11.6 Å². The maximum atomic E-state index is 13.3. The average Bonchev–Trinajstić information content (AvgIpc) is 2.90. The van der Waals surface area contributed by atoms with Crippen LogP contribution in [0.1, 0.15) is 78.1 Å². The molecule has 0 saturated heterocycles. The molecule has 1 N–H and O–H groups in total. The molecule has 1 nitrogen and oxygen atoms in total. The Labute approximate surface area is 155 Å². The van der Waals surface area contributed by atoms with Gasteiger partial charge in [-0.15, -0.1) is 0 Å². The van der Waals surface area contributed by atoms with Crippen molar-refractivity contribution in [2.24, 2.45) is 35.0 Å². The summed E-state index contributed by atoms with van der Waals surface area (Å²) in [7, 11) is 0. The number of allylic oxidation sites excluding steroid dienone is 2. The van der Waals surface area contributed by atoms with E-state index in [4.69, 9.17) is 0 Å². The molecule has 0 aromatic carbocycles. The molecule has 0 radical (unpaired) electrons. The van der Waals surface area contributed by atoms with Crippen LogP contribution in [0, 0.1) is 35.0 Å². The highest BCUT2D eigenvalue weighted by Gasteiger charge is 2.61. The van der Waals surface area contributed by atoms with Crippen LogP contribution in [0.2, 0.25) is 0 Å². The molecule has 0 heterocycles. The molecule has 4 saturated carbocycles. The molecule has 26 heavy (non-hydrogen) atoms. The molecule has 4 aliphatic rings. The van der Waals surface area contributed by atoms with E-state index in [9.17, 15) is 18.3 Å². The smallest absolute Gasteiger partial charge is 0.380 e. The zero-order valence-electron chi connectivity index (χ0n) is 16.1. The number of fused-ring (bicyclic) bond motifs is 5. The number of hydrogen-bond acceptors (Lipinski definition) is 1. The molecule has 4 heteroatoms. The summed E-state index contributed by atoms with van der Waals surface area (Å²) in [6, 6.07) is 0. The van der Waals surface area contributed by atoms with Crippen molar-refractivity contribution in [1.82, 2.24) is 0 Å². The predicted molar refractivity (Wildman–Crippen MR) is 96.5 cm³/mol. The summed E-state index contributed by atoms with van der Waals surface area (Å²) in [6.07, 6.45) is 6.28. The fourth-order valence-corrected chi connectivity index (χ4v) is 7.57. The Kier molecular flexibility index (Phi) is 4.53. The molecule has 0 amide bonds. The normalized spacial score (nSPS) is 50.2. The number of rotatable bonds is 1. The van der Waals surface area contributed by atoms with Gasteiger partial charge < -0.3 is 5.11 Å². The van der Waals surface area contributed by atoms with Gasteiger partial charge in [0, 0.05) is 0 Å². The molecule has 0 bridgehead atoms. The summed E-state index contributed by atoms with van der Waals surface area (Å²) in [4.78, 5) is 0. The molecule has 0 aromatic rings. The van der Waals surface area contributed by atoms with Crippen LogP contribution in [-0.4, -0.2) is 16.9 Å². The van der Waals surface area contributed by atoms with E-state index >= 15 is 0 Å². The van der Waals surface area contributed by atoms with Gasteiger partial charge in [-0.3, -0.25) is 0 Å². The molecule has 0 aliphatic heterocycles. The maximum absolute atomic E-state index is 13.3. The molecule has 0 aromatic heterocycles. The molecule has 4 fully saturated rings. The SMILES string of the molecule is CCC=C1CC[C@H]2[C@@H]3CC[C@@H]4CC(O)(C(F)(F)F)CC[C@@H]4[C@H]3CC[C@]12C. The zero-order chi connectivity index (χ0) is 18.7. The van der Waals surface area contributed by atoms with Crippen molar-refractivity contribution in [3.63, 3.8) is 0 Å². The third-order valence-corrected chi connectivity index (χ3v) is 8.84. The maximum Gasteiger partial charge on any atom is 0.417 e.